The summed E-state index contributed by atoms with van der Waals surface area (Å²) in [7, 11) is 2.13. The predicted octanol–water partition coefficient (Wildman–Crippen LogP) is 1.91. The lowest BCUT2D eigenvalue weighted by Crippen LogP contribution is -2.53. The highest BCUT2D eigenvalue weighted by Gasteiger charge is 2.22. The predicted molar refractivity (Wildman–Crippen MR) is 97.0 cm³/mol. The molecule has 24 heavy (non-hydrogen) atoms. The number of carbonyl (C=O) groups excluding carboxylic acids is 1. The van der Waals surface area contributed by atoms with Gasteiger partial charge in [0.2, 0.25) is 5.91 Å². The third-order valence-electron chi connectivity index (χ3n) is 4.59. The van der Waals surface area contributed by atoms with Crippen molar-refractivity contribution < 1.29 is 9.53 Å². The van der Waals surface area contributed by atoms with Crippen molar-refractivity contribution in [2.75, 3.05) is 46.4 Å². The summed E-state index contributed by atoms with van der Waals surface area (Å²) >= 11 is 0. The first-order valence-electron chi connectivity index (χ1n) is 8.92. The fraction of sp³-hybridized carbons (Fsp3) is 0.632. The van der Waals surface area contributed by atoms with E-state index in [2.05, 4.69) is 48.1 Å². The molecule has 0 bridgehead atoms. The van der Waals surface area contributed by atoms with Crippen LogP contribution in [0.3, 0.4) is 0 Å². The van der Waals surface area contributed by atoms with Crippen LogP contribution in [-0.2, 0) is 9.53 Å². The van der Waals surface area contributed by atoms with E-state index in [1.54, 1.807) is 0 Å². The molecular formula is C19H31N3O2. The summed E-state index contributed by atoms with van der Waals surface area (Å²) in [5.41, 5.74) is 1.19. The third-order valence-corrected chi connectivity index (χ3v) is 4.59. The highest BCUT2D eigenvalue weighted by molar-refractivity contribution is 5.78. The smallest absolute Gasteiger partial charge is 0.234 e. The van der Waals surface area contributed by atoms with Crippen LogP contribution in [-0.4, -0.2) is 68.1 Å². The molecule has 0 aliphatic carbocycles. The zero-order valence-electron chi connectivity index (χ0n) is 15.2. The van der Waals surface area contributed by atoms with Gasteiger partial charge in [0.1, 0.15) is 0 Å². The largest absolute Gasteiger partial charge is 0.374 e. The van der Waals surface area contributed by atoms with E-state index >= 15 is 0 Å². The summed E-state index contributed by atoms with van der Waals surface area (Å²) < 4.78 is 5.82. The Bertz CT molecular complexity index is 495. The standard InChI is InChI=1S/C19H31N3O2/c1-16-14-21(3)11-12-22(16)15-19(23)20-10-7-13-24-17(2)18-8-5-4-6-9-18/h4-6,8-9,16-17H,7,10-15H2,1-3H3,(H,20,23)/t16-,17-/m0/s1. The van der Waals surface area contributed by atoms with Gasteiger partial charge in [-0.25, -0.2) is 0 Å². The van der Waals surface area contributed by atoms with Gasteiger partial charge in [-0.2, -0.15) is 0 Å². The van der Waals surface area contributed by atoms with Crippen LogP contribution in [0.1, 0.15) is 31.9 Å². The van der Waals surface area contributed by atoms with Crippen LogP contribution in [0.2, 0.25) is 0 Å². The van der Waals surface area contributed by atoms with Gasteiger partial charge in [-0.3, -0.25) is 9.69 Å². The summed E-state index contributed by atoms with van der Waals surface area (Å²) in [5.74, 6) is 0.113. The van der Waals surface area contributed by atoms with Gasteiger partial charge in [0, 0.05) is 38.8 Å². The lowest BCUT2D eigenvalue weighted by Gasteiger charge is -2.37. The molecule has 2 atom stereocenters. The van der Waals surface area contributed by atoms with Gasteiger partial charge in [-0.15, -0.1) is 0 Å². The number of piperazine rings is 1. The average molecular weight is 333 g/mol. The minimum atomic E-state index is 0.0908. The maximum atomic E-state index is 12.0. The van der Waals surface area contributed by atoms with Crippen LogP contribution in [0.5, 0.6) is 0 Å². The molecule has 1 fully saturated rings. The van der Waals surface area contributed by atoms with Crippen LogP contribution < -0.4 is 5.32 Å². The van der Waals surface area contributed by atoms with Gasteiger partial charge in [-0.1, -0.05) is 30.3 Å². The first-order chi connectivity index (χ1) is 11.6. The number of benzene rings is 1. The Balaban J connectivity index is 1.56. The van der Waals surface area contributed by atoms with E-state index in [1.165, 1.54) is 5.56 Å². The molecule has 1 aliphatic heterocycles. The zero-order chi connectivity index (χ0) is 17.4. The van der Waals surface area contributed by atoms with E-state index < -0.39 is 0 Å². The van der Waals surface area contributed by atoms with Crippen LogP contribution in [0.25, 0.3) is 0 Å². The van der Waals surface area contributed by atoms with E-state index in [0.29, 0.717) is 25.7 Å². The van der Waals surface area contributed by atoms with Crippen LogP contribution in [0.4, 0.5) is 0 Å². The Morgan fingerprint density at radius 1 is 1.33 bits per heavy atom. The molecule has 1 aromatic carbocycles. The van der Waals surface area contributed by atoms with Crippen molar-refractivity contribution in [3.05, 3.63) is 35.9 Å². The van der Waals surface area contributed by atoms with E-state index in [1.807, 2.05) is 18.2 Å². The number of ether oxygens (including phenoxy) is 1. The quantitative estimate of drug-likeness (QED) is 0.738. The summed E-state index contributed by atoms with van der Waals surface area (Å²) in [6, 6.07) is 10.6. The molecular weight excluding hydrogens is 302 g/mol. The van der Waals surface area contributed by atoms with E-state index in [-0.39, 0.29) is 12.0 Å². The SMILES string of the molecule is C[C@H](OCCCNC(=O)CN1CCN(C)C[C@@H]1C)c1ccccc1. The molecule has 1 amide bonds. The van der Waals surface area contributed by atoms with E-state index in [9.17, 15) is 4.79 Å². The Morgan fingerprint density at radius 2 is 2.08 bits per heavy atom. The second-order valence-corrected chi connectivity index (χ2v) is 6.71. The molecule has 5 nitrogen and oxygen atoms in total. The molecule has 1 N–H and O–H groups in total. The van der Waals surface area contributed by atoms with Crippen LogP contribution in [0.15, 0.2) is 30.3 Å². The molecule has 1 heterocycles. The Hall–Kier alpha value is -1.43. The molecule has 0 aromatic heterocycles. The van der Waals surface area contributed by atoms with Crippen molar-refractivity contribution in [3.8, 4) is 0 Å². The Morgan fingerprint density at radius 3 is 2.79 bits per heavy atom. The summed E-state index contributed by atoms with van der Waals surface area (Å²) in [4.78, 5) is 16.6. The molecule has 0 saturated carbocycles. The Kier molecular flexibility index (Phi) is 7.69. The number of likely N-dealkylation sites (N-methyl/N-ethyl adjacent to an activating group) is 1. The maximum absolute atomic E-state index is 12.0. The van der Waals surface area contributed by atoms with Crippen molar-refractivity contribution in [1.29, 1.82) is 0 Å². The van der Waals surface area contributed by atoms with Gasteiger partial charge in [0.05, 0.1) is 12.6 Å². The first kappa shape index (κ1) is 18.9. The summed E-state index contributed by atoms with van der Waals surface area (Å²) in [6.07, 6.45) is 0.925. The van der Waals surface area contributed by atoms with Gasteiger partial charge in [-0.05, 0) is 32.9 Å². The normalized spacial score (nSPS) is 20.7. The Labute approximate surface area is 146 Å². The van der Waals surface area contributed by atoms with Crippen molar-refractivity contribution in [1.82, 2.24) is 15.1 Å². The lowest BCUT2D eigenvalue weighted by atomic mass is 10.1. The number of nitrogens with zero attached hydrogens (tertiary/aromatic N) is 2. The number of carbonyl (C=O) groups is 1. The van der Waals surface area contributed by atoms with Crippen molar-refractivity contribution in [2.24, 2.45) is 0 Å². The minimum absolute atomic E-state index is 0.0908. The number of hydrogen-bond donors (Lipinski definition) is 1. The molecule has 1 aromatic rings. The molecule has 1 aliphatic rings. The van der Waals surface area contributed by atoms with Gasteiger partial charge < -0.3 is 15.0 Å². The fourth-order valence-corrected chi connectivity index (χ4v) is 3.03. The number of rotatable bonds is 8. The summed E-state index contributed by atoms with van der Waals surface area (Å²) in [6.45, 7) is 9.08. The third kappa shape index (κ3) is 6.23. The average Bonchev–Trinajstić information content (AvgIpc) is 2.57. The maximum Gasteiger partial charge on any atom is 0.234 e. The minimum Gasteiger partial charge on any atom is -0.374 e. The molecule has 1 saturated heterocycles. The topological polar surface area (TPSA) is 44.8 Å². The first-order valence-corrected chi connectivity index (χ1v) is 8.92. The van der Waals surface area contributed by atoms with Gasteiger partial charge in [0.25, 0.3) is 0 Å². The van der Waals surface area contributed by atoms with Gasteiger partial charge >= 0.3 is 0 Å². The molecule has 5 heteroatoms. The highest BCUT2D eigenvalue weighted by Crippen LogP contribution is 2.15. The number of nitrogens with one attached hydrogen (secondary N) is 1. The summed E-state index contributed by atoms with van der Waals surface area (Å²) in [5, 5.41) is 3.00. The molecule has 2 rings (SSSR count). The molecule has 0 unspecified atom stereocenters. The number of amides is 1. The lowest BCUT2D eigenvalue weighted by molar-refractivity contribution is -0.123. The molecule has 134 valence electrons. The van der Waals surface area contributed by atoms with Gasteiger partial charge in [0.15, 0.2) is 0 Å². The monoisotopic (exact) mass is 333 g/mol. The number of hydrogen-bond acceptors (Lipinski definition) is 4. The van der Waals surface area contributed by atoms with Crippen LogP contribution in [0, 0.1) is 0 Å². The fourth-order valence-electron chi connectivity index (χ4n) is 3.03. The zero-order valence-corrected chi connectivity index (χ0v) is 15.2. The highest BCUT2D eigenvalue weighted by atomic mass is 16.5. The molecule has 0 radical (unpaired) electrons. The second-order valence-electron chi connectivity index (χ2n) is 6.71. The van der Waals surface area contributed by atoms with Crippen molar-refractivity contribution in [3.63, 3.8) is 0 Å². The van der Waals surface area contributed by atoms with E-state index in [0.717, 1.165) is 26.1 Å². The van der Waals surface area contributed by atoms with Crippen molar-refractivity contribution in [2.45, 2.75) is 32.4 Å². The van der Waals surface area contributed by atoms with E-state index in [4.69, 9.17) is 4.74 Å². The molecule has 0 spiro atoms. The van der Waals surface area contributed by atoms with Crippen LogP contribution >= 0.6 is 0 Å². The van der Waals surface area contributed by atoms with Crippen molar-refractivity contribution >= 4 is 5.91 Å². The second kappa shape index (κ2) is 9.77.